The number of hydrogen-bond donors (Lipinski definition) is 2. The number of aryl methyl sites for hydroxylation is 2. The van der Waals surface area contributed by atoms with Crippen LogP contribution in [0.5, 0.6) is 5.75 Å². The summed E-state index contributed by atoms with van der Waals surface area (Å²) < 4.78 is 57.0. The molecule has 0 saturated carbocycles. The first-order valence-electron chi connectivity index (χ1n) is 10.2. The summed E-state index contributed by atoms with van der Waals surface area (Å²) in [5.41, 5.74) is 2.10. The Morgan fingerprint density at radius 1 is 0.788 bits per heavy atom. The molecule has 3 rings (SSSR count). The van der Waals surface area contributed by atoms with Gasteiger partial charge >= 0.3 is 16.1 Å². The lowest BCUT2D eigenvalue weighted by Crippen LogP contribution is -2.34. The molecule has 3 aromatic rings. The third-order valence-electron chi connectivity index (χ3n) is 4.79. The van der Waals surface area contributed by atoms with Crippen molar-refractivity contribution in [2.24, 2.45) is 0 Å². The van der Waals surface area contributed by atoms with Crippen molar-refractivity contribution in [3.05, 3.63) is 83.9 Å². The SMILES string of the molecule is CCc1ccc(S(=O)(=O)NC(=O)Nc2cccc(OS(=O)(=O)c3ccc(CC)cc3)c2)cc1. The highest BCUT2D eigenvalue weighted by Crippen LogP contribution is 2.22. The molecular weight excluding hydrogens is 464 g/mol. The number of carbonyl (C=O) groups is 1. The molecule has 33 heavy (non-hydrogen) atoms. The molecule has 0 atom stereocenters. The zero-order valence-corrected chi connectivity index (χ0v) is 19.7. The second-order valence-corrected chi connectivity index (χ2v) is 10.3. The third kappa shape index (κ3) is 6.33. The van der Waals surface area contributed by atoms with Gasteiger partial charge in [0.2, 0.25) is 0 Å². The van der Waals surface area contributed by atoms with Gasteiger partial charge in [-0.15, -0.1) is 0 Å². The van der Waals surface area contributed by atoms with Gasteiger partial charge < -0.3 is 9.50 Å². The van der Waals surface area contributed by atoms with Crippen LogP contribution in [-0.4, -0.2) is 22.9 Å². The average Bonchev–Trinajstić information content (AvgIpc) is 2.78. The van der Waals surface area contributed by atoms with Crippen LogP contribution in [0.3, 0.4) is 0 Å². The second kappa shape index (κ2) is 10.1. The van der Waals surface area contributed by atoms with E-state index in [1.54, 1.807) is 24.3 Å². The monoisotopic (exact) mass is 488 g/mol. The van der Waals surface area contributed by atoms with Crippen LogP contribution in [0.4, 0.5) is 10.5 Å². The van der Waals surface area contributed by atoms with Gasteiger partial charge in [-0.3, -0.25) is 0 Å². The lowest BCUT2D eigenvalue weighted by molar-refractivity contribution is 0.256. The van der Waals surface area contributed by atoms with E-state index in [0.29, 0.717) is 0 Å². The molecule has 0 aromatic heterocycles. The highest BCUT2D eigenvalue weighted by atomic mass is 32.2. The summed E-state index contributed by atoms with van der Waals surface area (Å²) in [5, 5.41) is 2.37. The topological polar surface area (TPSA) is 119 Å². The Labute approximate surface area is 193 Å². The number of rotatable bonds is 8. The first-order chi connectivity index (χ1) is 15.6. The van der Waals surface area contributed by atoms with Crippen molar-refractivity contribution < 1.29 is 25.8 Å². The van der Waals surface area contributed by atoms with Gasteiger partial charge in [-0.25, -0.2) is 17.9 Å². The second-order valence-electron chi connectivity index (χ2n) is 7.12. The van der Waals surface area contributed by atoms with E-state index in [1.807, 2.05) is 18.6 Å². The molecule has 0 heterocycles. The van der Waals surface area contributed by atoms with E-state index in [4.69, 9.17) is 4.18 Å². The van der Waals surface area contributed by atoms with Crippen molar-refractivity contribution in [1.82, 2.24) is 4.72 Å². The predicted molar refractivity (Wildman–Crippen MR) is 125 cm³/mol. The fourth-order valence-electron chi connectivity index (χ4n) is 2.93. The van der Waals surface area contributed by atoms with Gasteiger partial charge in [0.25, 0.3) is 10.0 Å². The van der Waals surface area contributed by atoms with Crippen LogP contribution >= 0.6 is 0 Å². The van der Waals surface area contributed by atoms with Crippen LogP contribution in [-0.2, 0) is 33.0 Å². The van der Waals surface area contributed by atoms with Gasteiger partial charge in [0.1, 0.15) is 10.6 Å². The van der Waals surface area contributed by atoms with E-state index < -0.39 is 26.2 Å². The number of benzene rings is 3. The van der Waals surface area contributed by atoms with E-state index in [1.165, 1.54) is 48.5 Å². The van der Waals surface area contributed by atoms with Gasteiger partial charge in [0.15, 0.2) is 0 Å². The maximum atomic E-state index is 12.5. The molecular formula is C23H24N2O6S2. The van der Waals surface area contributed by atoms with Crippen molar-refractivity contribution in [2.75, 3.05) is 5.32 Å². The standard InChI is InChI=1S/C23H24N2O6S2/c1-3-17-8-12-21(13-9-17)32(27,28)25-23(26)24-19-6-5-7-20(16-19)31-33(29,30)22-14-10-18(4-2)11-15-22/h5-16H,3-4H2,1-2H3,(H2,24,25,26). The summed E-state index contributed by atoms with van der Waals surface area (Å²) >= 11 is 0. The summed E-state index contributed by atoms with van der Waals surface area (Å²) in [5.74, 6) is -0.0367. The number of urea groups is 1. The number of sulfonamides is 1. The number of nitrogens with one attached hydrogen (secondary N) is 2. The van der Waals surface area contributed by atoms with Crippen LogP contribution in [0.25, 0.3) is 0 Å². The quantitative estimate of drug-likeness (QED) is 0.461. The van der Waals surface area contributed by atoms with Gasteiger partial charge in [-0.2, -0.15) is 8.42 Å². The molecule has 0 bridgehead atoms. The van der Waals surface area contributed by atoms with Crippen LogP contribution < -0.4 is 14.2 Å². The van der Waals surface area contributed by atoms with Crippen molar-refractivity contribution in [1.29, 1.82) is 0 Å². The molecule has 2 amide bonds. The molecule has 0 radical (unpaired) electrons. The molecule has 174 valence electrons. The van der Waals surface area contributed by atoms with Gasteiger partial charge in [-0.05, 0) is 60.4 Å². The van der Waals surface area contributed by atoms with Crippen LogP contribution in [0.2, 0.25) is 0 Å². The lowest BCUT2D eigenvalue weighted by atomic mass is 10.2. The van der Waals surface area contributed by atoms with E-state index in [0.717, 1.165) is 24.0 Å². The molecule has 0 spiro atoms. The van der Waals surface area contributed by atoms with Crippen molar-refractivity contribution in [2.45, 2.75) is 36.5 Å². The molecule has 2 N–H and O–H groups in total. The normalized spacial score (nSPS) is 11.6. The Morgan fingerprint density at radius 2 is 1.33 bits per heavy atom. The summed E-state index contributed by atoms with van der Waals surface area (Å²) in [6.45, 7) is 3.91. The Balaban J connectivity index is 1.69. The zero-order chi connectivity index (χ0) is 24.1. The maximum absolute atomic E-state index is 12.5. The molecule has 0 fully saturated rings. The molecule has 0 aliphatic carbocycles. The van der Waals surface area contributed by atoms with Gasteiger partial charge in [0.05, 0.1) is 4.90 Å². The summed E-state index contributed by atoms with van der Waals surface area (Å²) in [6, 6.07) is 17.1. The summed E-state index contributed by atoms with van der Waals surface area (Å²) in [6.07, 6.45) is 1.53. The Kier molecular flexibility index (Phi) is 7.39. The maximum Gasteiger partial charge on any atom is 0.339 e. The van der Waals surface area contributed by atoms with Gasteiger partial charge in [-0.1, -0.05) is 44.2 Å². The van der Waals surface area contributed by atoms with Crippen molar-refractivity contribution in [3.8, 4) is 5.75 Å². The fourth-order valence-corrected chi connectivity index (χ4v) is 4.76. The largest absolute Gasteiger partial charge is 0.379 e. The molecule has 0 unspecified atom stereocenters. The molecule has 8 nitrogen and oxygen atoms in total. The van der Waals surface area contributed by atoms with Crippen LogP contribution in [0.1, 0.15) is 25.0 Å². The minimum absolute atomic E-state index is 0.00371. The minimum Gasteiger partial charge on any atom is -0.379 e. The van der Waals surface area contributed by atoms with E-state index in [9.17, 15) is 21.6 Å². The van der Waals surface area contributed by atoms with Crippen molar-refractivity contribution in [3.63, 3.8) is 0 Å². The zero-order valence-electron chi connectivity index (χ0n) is 18.1. The Hall–Kier alpha value is -3.37. The van der Waals surface area contributed by atoms with Crippen LogP contribution in [0, 0.1) is 0 Å². The smallest absolute Gasteiger partial charge is 0.339 e. The highest BCUT2D eigenvalue weighted by molar-refractivity contribution is 7.90. The number of anilines is 1. The summed E-state index contributed by atoms with van der Waals surface area (Å²) in [7, 11) is -8.15. The first-order valence-corrected chi connectivity index (χ1v) is 13.1. The van der Waals surface area contributed by atoms with Crippen LogP contribution in [0.15, 0.2) is 82.6 Å². The Bertz CT molecular complexity index is 1330. The Morgan fingerprint density at radius 3 is 1.88 bits per heavy atom. The van der Waals surface area contributed by atoms with Crippen molar-refractivity contribution >= 4 is 31.9 Å². The van der Waals surface area contributed by atoms with E-state index >= 15 is 0 Å². The molecule has 3 aromatic carbocycles. The first kappa shape index (κ1) is 24.3. The van der Waals surface area contributed by atoms with E-state index in [2.05, 4.69) is 5.32 Å². The number of carbonyl (C=O) groups excluding carboxylic acids is 1. The molecule has 0 aliphatic rings. The highest BCUT2D eigenvalue weighted by Gasteiger charge is 2.19. The molecule has 0 aliphatic heterocycles. The molecule has 10 heteroatoms. The minimum atomic E-state index is -4.08. The molecule has 0 saturated heterocycles. The predicted octanol–water partition coefficient (Wildman–Crippen LogP) is 4.09. The number of hydrogen-bond acceptors (Lipinski definition) is 6. The average molecular weight is 489 g/mol. The third-order valence-corrected chi connectivity index (χ3v) is 7.40. The summed E-state index contributed by atoms with van der Waals surface area (Å²) in [4.78, 5) is 12.2. The lowest BCUT2D eigenvalue weighted by Gasteiger charge is -2.11. The number of amides is 2. The fraction of sp³-hybridized carbons (Fsp3) is 0.174. The van der Waals surface area contributed by atoms with Gasteiger partial charge in [0, 0.05) is 11.8 Å². The van der Waals surface area contributed by atoms with E-state index in [-0.39, 0.29) is 21.2 Å².